The number of nitrogens with one attached hydrogen (secondary N) is 3. The van der Waals surface area contributed by atoms with Gasteiger partial charge >= 0.3 is 0 Å². The van der Waals surface area contributed by atoms with Crippen molar-refractivity contribution in [1.82, 2.24) is 16.0 Å². The number of benzene rings is 3. The van der Waals surface area contributed by atoms with Crippen LogP contribution in [0.4, 0.5) is 5.69 Å². The predicted octanol–water partition coefficient (Wildman–Crippen LogP) is 1.57. The summed E-state index contributed by atoms with van der Waals surface area (Å²) in [5.74, 6) is -2.31. The highest BCUT2D eigenvalue weighted by Gasteiger charge is 2.30. The zero-order valence-corrected chi connectivity index (χ0v) is 22.2. The molecule has 3 aromatic rings. The topological polar surface area (TPSA) is 182 Å². The SMILES string of the molecule is NCCCC[C@H](NC(=O)[C@H](Cc1cccc(N)c1)NC(=O)c1ccccc1)C(=O)N[C@H](C(N)=O)c1ccccc1. The molecule has 0 radical (unpaired) electrons. The average Bonchev–Trinajstić information content (AvgIpc) is 2.95. The third-order valence-corrected chi connectivity index (χ3v) is 6.33. The van der Waals surface area contributed by atoms with E-state index in [1.54, 1.807) is 84.9 Å². The van der Waals surface area contributed by atoms with E-state index in [9.17, 15) is 19.2 Å². The van der Waals surface area contributed by atoms with Crippen LogP contribution in [0, 0.1) is 0 Å². The van der Waals surface area contributed by atoms with Gasteiger partial charge in [-0.15, -0.1) is 0 Å². The number of carbonyl (C=O) groups is 4. The van der Waals surface area contributed by atoms with Crippen molar-refractivity contribution in [2.24, 2.45) is 11.5 Å². The van der Waals surface area contributed by atoms with Crippen LogP contribution in [0.5, 0.6) is 0 Å². The first kappa shape index (κ1) is 29.9. The van der Waals surface area contributed by atoms with Crippen LogP contribution in [0.3, 0.4) is 0 Å². The highest BCUT2D eigenvalue weighted by molar-refractivity contribution is 5.98. The van der Waals surface area contributed by atoms with Crippen molar-refractivity contribution < 1.29 is 19.2 Å². The van der Waals surface area contributed by atoms with Gasteiger partial charge in [-0.1, -0.05) is 60.7 Å². The van der Waals surface area contributed by atoms with Gasteiger partial charge in [0.1, 0.15) is 18.1 Å². The highest BCUT2D eigenvalue weighted by atomic mass is 16.2. The van der Waals surface area contributed by atoms with Crippen molar-refractivity contribution in [3.8, 4) is 0 Å². The molecule has 0 aliphatic rings. The van der Waals surface area contributed by atoms with Crippen LogP contribution < -0.4 is 33.2 Å². The molecule has 3 rings (SSSR count). The van der Waals surface area contributed by atoms with Gasteiger partial charge in [-0.2, -0.15) is 0 Å². The van der Waals surface area contributed by atoms with Crippen LogP contribution in [0.25, 0.3) is 0 Å². The van der Waals surface area contributed by atoms with Gasteiger partial charge in [-0.05, 0) is 61.2 Å². The van der Waals surface area contributed by atoms with Crippen molar-refractivity contribution >= 4 is 29.3 Å². The fourth-order valence-corrected chi connectivity index (χ4v) is 4.24. The molecule has 0 saturated heterocycles. The molecule has 9 N–H and O–H groups in total. The van der Waals surface area contributed by atoms with E-state index in [0.29, 0.717) is 36.2 Å². The highest BCUT2D eigenvalue weighted by Crippen LogP contribution is 2.14. The van der Waals surface area contributed by atoms with Gasteiger partial charge in [0.05, 0.1) is 0 Å². The third kappa shape index (κ3) is 8.95. The minimum Gasteiger partial charge on any atom is -0.399 e. The monoisotopic (exact) mass is 544 g/mol. The van der Waals surface area contributed by atoms with Crippen LogP contribution in [-0.2, 0) is 20.8 Å². The second kappa shape index (κ2) is 15.0. The fraction of sp³-hybridized carbons (Fsp3) is 0.267. The Hall–Kier alpha value is -4.70. The quantitative estimate of drug-likeness (QED) is 0.132. The maximum atomic E-state index is 13.6. The predicted molar refractivity (Wildman–Crippen MR) is 154 cm³/mol. The Kier molecular flexibility index (Phi) is 11.2. The van der Waals surface area contributed by atoms with Crippen LogP contribution in [0.2, 0.25) is 0 Å². The molecule has 10 nitrogen and oxygen atoms in total. The molecule has 0 aromatic heterocycles. The summed E-state index contributed by atoms with van der Waals surface area (Å²) in [5, 5.41) is 8.22. The number of primary amides is 1. The smallest absolute Gasteiger partial charge is 0.251 e. The van der Waals surface area contributed by atoms with E-state index in [4.69, 9.17) is 17.2 Å². The van der Waals surface area contributed by atoms with Crippen molar-refractivity contribution in [2.75, 3.05) is 12.3 Å². The van der Waals surface area contributed by atoms with E-state index in [2.05, 4.69) is 16.0 Å². The number of nitrogens with two attached hydrogens (primary N) is 3. The van der Waals surface area contributed by atoms with E-state index in [-0.39, 0.29) is 12.8 Å². The number of amides is 4. The van der Waals surface area contributed by atoms with Crippen LogP contribution in [0.1, 0.15) is 46.8 Å². The number of carbonyl (C=O) groups excluding carboxylic acids is 4. The summed E-state index contributed by atoms with van der Waals surface area (Å²) in [6.07, 6.45) is 1.60. The first-order chi connectivity index (χ1) is 19.3. The first-order valence-electron chi connectivity index (χ1n) is 13.1. The molecule has 10 heteroatoms. The van der Waals surface area contributed by atoms with E-state index >= 15 is 0 Å². The number of unbranched alkanes of at least 4 members (excludes halogenated alkanes) is 1. The molecule has 210 valence electrons. The molecular weight excluding hydrogens is 508 g/mol. The lowest BCUT2D eigenvalue weighted by atomic mass is 10.0. The summed E-state index contributed by atoms with van der Waals surface area (Å²) < 4.78 is 0. The molecule has 40 heavy (non-hydrogen) atoms. The normalized spacial score (nSPS) is 12.9. The number of nitrogen functional groups attached to an aromatic ring is 1. The molecule has 0 bridgehead atoms. The summed E-state index contributed by atoms with van der Waals surface area (Å²) in [4.78, 5) is 52.1. The van der Waals surface area contributed by atoms with Crippen molar-refractivity contribution in [2.45, 2.75) is 43.8 Å². The molecule has 0 fully saturated rings. The lowest BCUT2D eigenvalue weighted by Crippen LogP contribution is -2.55. The van der Waals surface area contributed by atoms with Gasteiger partial charge in [0.15, 0.2) is 0 Å². The van der Waals surface area contributed by atoms with E-state index in [0.717, 1.165) is 5.56 Å². The molecule has 0 aliphatic heterocycles. The number of hydrogen-bond acceptors (Lipinski definition) is 6. The van der Waals surface area contributed by atoms with Gasteiger partial charge in [-0.3, -0.25) is 19.2 Å². The molecule has 0 unspecified atom stereocenters. The van der Waals surface area contributed by atoms with E-state index in [1.807, 2.05) is 0 Å². The minimum absolute atomic E-state index is 0.139. The van der Waals surface area contributed by atoms with Gasteiger partial charge in [-0.25, -0.2) is 0 Å². The Labute approximate surface area is 233 Å². The standard InChI is InChI=1S/C30H36N6O4/c31-17-8-7-16-24(29(39)36-26(27(33)37)21-11-3-1-4-12-21)34-30(40)25(19-20-10-9-15-23(32)18-20)35-28(38)22-13-5-2-6-14-22/h1-6,9-15,18,24-26H,7-8,16-17,19,31-32H2,(H2,33,37)(H,34,40)(H,35,38)(H,36,39)/t24-,25-,26-/m0/s1. The van der Waals surface area contributed by atoms with Crippen molar-refractivity contribution in [3.05, 3.63) is 102 Å². The summed E-state index contributed by atoms with van der Waals surface area (Å²) >= 11 is 0. The Morgan fingerprint density at radius 1 is 0.725 bits per heavy atom. The number of rotatable bonds is 14. The Bertz CT molecular complexity index is 1290. The maximum absolute atomic E-state index is 13.6. The second-order valence-electron chi connectivity index (χ2n) is 9.44. The Balaban J connectivity index is 1.82. The molecule has 0 spiro atoms. The molecule has 3 atom stereocenters. The van der Waals surface area contributed by atoms with Crippen molar-refractivity contribution in [1.29, 1.82) is 0 Å². The van der Waals surface area contributed by atoms with E-state index < -0.39 is 41.8 Å². The molecule has 0 aliphatic carbocycles. The van der Waals surface area contributed by atoms with Gasteiger partial charge in [0.2, 0.25) is 17.7 Å². The molecule has 0 heterocycles. The molecular formula is C30H36N6O4. The third-order valence-electron chi connectivity index (χ3n) is 6.33. The van der Waals surface area contributed by atoms with Crippen LogP contribution in [0.15, 0.2) is 84.9 Å². The van der Waals surface area contributed by atoms with Crippen LogP contribution >= 0.6 is 0 Å². The molecule has 4 amide bonds. The lowest BCUT2D eigenvalue weighted by molar-refractivity contribution is -0.132. The van der Waals surface area contributed by atoms with Gasteiger partial charge < -0.3 is 33.2 Å². The van der Waals surface area contributed by atoms with Crippen LogP contribution in [-0.4, -0.2) is 42.3 Å². The summed E-state index contributed by atoms with van der Waals surface area (Å²) in [5.41, 5.74) is 19.3. The maximum Gasteiger partial charge on any atom is 0.251 e. The second-order valence-corrected chi connectivity index (χ2v) is 9.44. The summed E-state index contributed by atoms with van der Waals surface area (Å²) in [6.45, 7) is 0.418. The average molecular weight is 545 g/mol. The van der Waals surface area contributed by atoms with Gasteiger partial charge in [0, 0.05) is 17.7 Å². The number of anilines is 1. The van der Waals surface area contributed by atoms with Gasteiger partial charge in [0.25, 0.3) is 5.91 Å². The first-order valence-corrected chi connectivity index (χ1v) is 13.1. The minimum atomic E-state index is -1.08. The zero-order valence-electron chi connectivity index (χ0n) is 22.2. The Morgan fingerprint density at radius 3 is 2.00 bits per heavy atom. The zero-order chi connectivity index (χ0) is 28.9. The van der Waals surface area contributed by atoms with Crippen molar-refractivity contribution in [3.63, 3.8) is 0 Å². The number of hydrogen-bond donors (Lipinski definition) is 6. The lowest BCUT2D eigenvalue weighted by Gasteiger charge is -2.25. The van der Waals surface area contributed by atoms with E-state index in [1.165, 1.54) is 0 Å². The fourth-order valence-electron chi connectivity index (χ4n) is 4.24. The molecule has 0 saturated carbocycles. The summed E-state index contributed by atoms with van der Waals surface area (Å²) in [7, 11) is 0. The Morgan fingerprint density at radius 2 is 1.38 bits per heavy atom. The molecule has 3 aromatic carbocycles. The largest absolute Gasteiger partial charge is 0.399 e. The summed E-state index contributed by atoms with van der Waals surface area (Å²) in [6, 6.07) is 21.0.